The molecule has 1 unspecified atom stereocenters. The second-order valence-corrected chi connectivity index (χ2v) is 5.95. The molecule has 4 rings (SSSR count). The minimum Gasteiger partial charge on any atom is -0.423 e. The second-order valence-electron chi connectivity index (χ2n) is 5.95. The molecule has 7 nitrogen and oxygen atoms in total. The van der Waals surface area contributed by atoms with Crippen LogP contribution in [0.3, 0.4) is 0 Å². The fraction of sp³-hybridized carbons (Fsp3) is 0.176. The van der Waals surface area contributed by atoms with Gasteiger partial charge in [0.15, 0.2) is 5.78 Å². The van der Waals surface area contributed by atoms with Gasteiger partial charge in [0.1, 0.15) is 5.69 Å². The predicted molar refractivity (Wildman–Crippen MR) is 90.7 cm³/mol. The molecular weight excluding hydrogens is 319 g/mol. The summed E-state index contributed by atoms with van der Waals surface area (Å²) in [5, 5.41) is 17.8. The maximum atomic E-state index is 12.5. The van der Waals surface area contributed by atoms with Crippen molar-refractivity contribution in [3.63, 3.8) is 0 Å². The van der Waals surface area contributed by atoms with Gasteiger partial charge in [-0.25, -0.2) is 4.68 Å². The molecule has 0 saturated carbocycles. The molecule has 0 bridgehead atoms. The zero-order valence-electron chi connectivity index (χ0n) is 13.5. The van der Waals surface area contributed by atoms with Crippen LogP contribution in [-0.4, -0.2) is 37.9 Å². The van der Waals surface area contributed by atoms with E-state index in [1.165, 1.54) is 4.68 Å². The lowest BCUT2D eigenvalue weighted by molar-refractivity contribution is 0.0988. The Labute approximate surface area is 144 Å². The smallest absolute Gasteiger partial charge is 0.423 e. The highest BCUT2D eigenvalue weighted by molar-refractivity contribution is 6.61. The van der Waals surface area contributed by atoms with Crippen molar-refractivity contribution in [3.8, 4) is 5.69 Å². The summed E-state index contributed by atoms with van der Waals surface area (Å²) in [5.74, 6) is -0.142. The van der Waals surface area contributed by atoms with Gasteiger partial charge in [-0.1, -0.05) is 23.4 Å². The van der Waals surface area contributed by atoms with E-state index in [4.69, 9.17) is 4.65 Å². The van der Waals surface area contributed by atoms with Gasteiger partial charge in [-0.05, 0) is 35.6 Å². The number of benzene rings is 1. The SMILES string of the molecule is CC1OB(O)c2cc(CC(=O)c3cn(-c4cccnc4)nn3)ccc21. The number of nitrogens with zero attached hydrogens (tertiary/aromatic N) is 4. The number of hydrogen-bond acceptors (Lipinski definition) is 6. The number of Topliss-reactive ketones (excluding diaryl/α,β-unsaturated/α-hetero) is 1. The quantitative estimate of drug-likeness (QED) is 0.562. The zero-order valence-corrected chi connectivity index (χ0v) is 13.5. The Morgan fingerprint density at radius 3 is 3.08 bits per heavy atom. The third kappa shape index (κ3) is 2.97. The van der Waals surface area contributed by atoms with Crippen LogP contribution in [-0.2, 0) is 11.1 Å². The van der Waals surface area contributed by atoms with Crippen molar-refractivity contribution in [2.45, 2.75) is 19.4 Å². The van der Waals surface area contributed by atoms with E-state index in [-0.39, 0.29) is 24.0 Å². The van der Waals surface area contributed by atoms with Crippen LogP contribution >= 0.6 is 0 Å². The van der Waals surface area contributed by atoms with Crippen molar-refractivity contribution in [1.29, 1.82) is 0 Å². The molecule has 0 amide bonds. The van der Waals surface area contributed by atoms with Crippen molar-refractivity contribution in [2.24, 2.45) is 0 Å². The molecule has 0 aliphatic carbocycles. The first-order chi connectivity index (χ1) is 12.1. The molecule has 1 aromatic carbocycles. The highest BCUT2D eigenvalue weighted by Crippen LogP contribution is 2.23. The lowest BCUT2D eigenvalue weighted by Gasteiger charge is -2.05. The number of aromatic nitrogens is 4. The van der Waals surface area contributed by atoms with E-state index in [2.05, 4.69) is 15.3 Å². The lowest BCUT2D eigenvalue weighted by atomic mass is 9.78. The molecule has 1 aliphatic rings. The van der Waals surface area contributed by atoms with Crippen LogP contribution in [0.15, 0.2) is 48.9 Å². The maximum absolute atomic E-state index is 12.5. The van der Waals surface area contributed by atoms with E-state index >= 15 is 0 Å². The Bertz CT molecular complexity index is 929. The van der Waals surface area contributed by atoms with Gasteiger partial charge >= 0.3 is 7.12 Å². The number of ketones is 1. The molecular formula is C17H15BN4O3. The van der Waals surface area contributed by atoms with Gasteiger partial charge < -0.3 is 9.68 Å². The van der Waals surface area contributed by atoms with E-state index in [0.717, 1.165) is 22.3 Å². The Morgan fingerprint density at radius 1 is 1.40 bits per heavy atom. The lowest BCUT2D eigenvalue weighted by Crippen LogP contribution is -2.28. The number of fused-ring (bicyclic) bond motifs is 1. The molecule has 0 fully saturated rings. The molecule has 1 atom stereocenters. The van der Waals surface area contributed by atoms with Crippen LogP contribution in [0, 0.1) is 0 Å². The molecule has 0 saturated heterocycles. The first-order valence-corrected chi connectivity index (χ1v) is 7.94. The molecule has 8 heteroatoms. The molecule has 1 N–H and O–H groups in total. The van der Waals surface area contributed by atoms with Gasteiger partial charge in [0.05, 0.1) is 24.2 Å². The molecule has 3 heterocycles. The third-order valence-corrected chi connectivity index (χ3v) is 4.24. The summed E-state index contributed by atoms with van der Waals surface area (Å²) < 4.78 is 6.88. The monoisotopic (exact) mass is 334 g/mol. The number of carbonyl (C=O) groups is 1. The summed E-state index contributed by atoms with van der Waals surface area (Å²) in [6.45, 7) is 1.89. The standard InChI is InChI=1S/C17H15BN4O3/c1-11-14-5-4-12(7-15(14)18(24)25-11)8-17(23)16-10-22(21-20-16)13-3-2-6-19-9-13/h2-7,9-11,24H,8H2,1H3. The number of hydrogen-bond donors (Lipinski definition) is 1. The summed E-state index contributed by atoms with van der Waals surface area (Å²) in [6, 6.07) is 9.20. The molecule has 1 aliphatic heterocycles. The highest BCUT2D eigenvalue weighted by Gasteiger charge is 2.32. The molecule has 0 spiro atoms. The van der Waals surface area contributed by atoms with Crippen molar-refractivity contribution in [2.75, 3.05) is 0 Å². The van der Waals surface area contributed by atoms with Crippen LogP contribution in [0.1, 0.15) is 34.6 Å². The van der Waals surface area contributed by atoms with Gasteiger partial charge in [-0.2, -0.15) is 0 Å². The number of carbonyl (C=O) groups excluding carboxylic acids is 1. The van der Waals surface area contributed by atoms with Crippen LogP contribution < -0.4 is 5.46 Å². The van der Waals surface area contributed by atoms with E-state index < -0.39 is 7.12 Å². The van der Waals surface area contributed by atoms with Gasteiger partial charge in [-0.15, -0.1) is 5.10 Å². The van der Waals surface area contributed by atoms with Crippen LogP contribution in [0.25, 0.3) is 5.69 Å². The molecule has 3 aromatic rings. The summed E-state index contributed by atoms with van der Waals surface area (Å²) in [5.41, 5.74) is 3.50. The van der Waals surface area contributed by atoms with Gasteiger partial charge in [-0.3, -0.25) is 9.78 Å². The Morgan fingerprint density at radius 2 is 2.28 bits per heavy atom. The van der Waals surface area contributed by atoms with Crippen molar-refractivity contribution >= 4 is 18.4 Å². The van der Waals surface area contributed by atoms with E-state index in [1.807, 2.05) is 31.2 Å². The van der Waals surface area contributed by atoms with Crippen molar-refractivity contribution in [3.05, 3.63) is 65.7 Å². The second kappa shape index (κ2) is 6.23. The van der Waals surface area contributed by atoms with Gasteiger partial charge in [0, 0.05) is 12.6 Å². The van der Waals surface area contributed by atoms with Crippen molar-refractivity contribution < 1.29 is 14.5 Å². The number of rotatable bonds is 4. The Hall–Kier alpha value is -2.84. The molecule has 2 aromatic heterocycles. The third-order valence-electron chi connectivity index (χ3n) is 4.24. The fourth-order valence-electron chi connectivity index (χ4n) is 2.94. The normalized spacial score (nSPS) is 16.1. The Kier molecular flexibility index (Phi) is 3.91. The summed E-state index contributed by atoms with van der Waals surface area (Å²) in [6.07, 6.45) is 4.94. The fourth-order valence-corrected chi connectivity index (χ4v) is 2.94. The van der Waals surface area contributed by atoms with Gasteiger partial charge in [0.2, 0.25) is 0 Å². The molecule has 25 heavy (non-hydrogen) atoms. The zero-order chi connectivity index (χ0) is 17.4. The minimum absolute atomic E-state index is 0.142. The van der Waals surface area contributed by atoms with Crippen LogP contribution in [0.2, 0.25) is 0 Å². The minimum atomic E-state index is -0.938. The highest BCUT2D eigenvalue weighted by atomic mass is 16.5. The Balaban J connectivity index is 1.53. The van der Waals surface area contributed by atoms with E-state index in [0.29, 0.717) is 0 Å². The van der Waals surface area contributed by atoms with Crippen LogP contribution in [0.5, 0.6) is 0 Å². The topological polar surface area (TPSA) is 90.1 Å². The van der Waals surface area contributed by atoms with E-state index in [1.54, 1.807) is 24.7 Å². The summed E-state index contributed by atoms with van der Waals surface area (Å²) in [4.78, 5) is 16.5. The largest absolute Gasteiger partial charge is 0.491 e. The number of pyridine rings is 1. The average molecular weight is 334 g/mol. The molecule has 124 valence electrons. The van der Waals surface area contributed by atoms with E-state index in [9.17, 15) is 9.82 Å². The molecule has 0 radical (unpaired) electrons. The van der Waals surface area contributed by atoms with Crippen LogP contribution in [0.4, 0.5) is 0 Å². The van der Waals surface area contributed by atoms with Gasteiger partial charge in [0.25, 0.3) is 0 Å². The average Bonchev–Trinajstić information content (AvgIpc) is 3.22. The first kappa shape index (κ1) is 15.7. The van der Waals surface area contributed by atoms with Crippen molar-refractivity contribution in [1.82, 2.24) is 20.0 Å². The summed E-state index contributed by atoms with van der Waals surface area (Å²) >= 11 is 0. The summed E-state index contributed by atoms with van der Waals surface area (Å²) in [7, 11) is -0.938. The maximum Gasteiger partial charge on any atom is 0.491 e. The first-order valence-electron chi connectivity index (χ1n) is 7.94. The predicted octanol–water partition coefficient (Wildman–Crippen LogP) is 0.866.